The van der Waals surface area contributed by atoms with Gasteiger partial charge in [-0.05, 0) is 23.6 Å². The molecule has 0 aliphatic carbocycles. The molecule has 21 heavy (non-hydrogen) atoms. The first-order valence-electron chi connectivity index (χ1n) is 7.40. The molecule has 0 fully saturated rings. The van der Waals surface area contributed by atoms with E-state index in [0.717, 1.165) is 34.9 Å². The lowest BCUT2D eigenvalue weighted by molar-refractivity contribution is 0.221. The number of pyridine rings is 1. The van der Waals surface area contributed by atoms with E-state index in [2.05, 4.69) is 24.0 Å². The maximum atomic E-state index is 10.7. The van der Waals surface area contributed by atoms with Crippen LogP contribution in [0.5, 0.6) is 0 Å². The molecule has 0 bridgehead atoms. The molecule has 0 aliphatic rings. The van der Waals surface area contributed by atoms with E-state index in [1.165, 1.54) is 5.56 Å². The predicted molar refractivity (Wildman–Crippen MR) is 86.2 cm³/mol. The van der Waals surface area contributed by atoms with E-state index in [0.29, 0.717) is 0 Å². The number of fused-ring (bicyclic) bond motifs is 1. The van der Waals surface area contributed by atoms with Crippen molar-refractivity contribution in [1.82, 2.24) is 4.98 Å². The molecule has 1 aromatic heterocycles. The number of hydrogen-bond donors (Lipinski definition) is 1. The molecule has 3 aromatic rings. The smallest absolute Gasteiger partial charge is 0.106 e. The second-order valence-corrected chi connectivity index (χ2v) is 5.32. The van der Waals surface area contributed by atoms with E-state index in [1.807, 2.05) is 42.5 Å². The Labute approximate surface area is 125 Å². The lowest BCUT2D eigenvalue weighted by Crippen LogP contribution is -2.02. The molecular weight excluding hydrogens is 258 g/mol. The fourth-order valence-electron chi connectivity index (χ4n) is 2.74. The van der Waals surface area contributed by atoms with Crippen molar-refractivity contribution in [1.29, 1.82) is 0 Å². The first-order chi connectivity index (χ1) is 10.3. The molecular formula is C19H19NO. The molecule has 1 atom stereocenters. The van der Waals surface area contributed by atoms with Crippen LogP contribution in [0.25, 0.3) is 10.9 Å². The van der Waals surface area contributed by atoms with Crippen LogP contribution >= 0.6 is 0 Å². The minimum absolute atomic E-state index is 0.639. The van der Waals surface area contributed by atoms with E-state index in [-0.39, 0.29) is 0 Å². The van der Waals surface area contributed by atoms with E-state index < -0.39 is 6.10 Å². The van der Waals surface area contributed by atoms with Gasteiger partial charge in [0, 0.05) is 17.1 Å². The summed E-state index contributed by atoms with van der Waals surface area (Å²) in [5, 5.41) is 11.8. The summed E-state index contributed by atoms with van der Waals surface area (Å²) in [6.07, 6.45) is 3.27. The van der Waals surface area contributed by atoms with Gasteiger partial charge in [0.05, 0.1) is 5.52 Å². The number of aryl methyl sites for hydroxylation is 1. The van der Waals surface area contributed by atoms with Crippen molar-refractivity contribution in [3.63, 3.8) is 0 Å². The summed E-state index contributed by atoms with van der Waals surface area (Å²) in [7, 11) is 0. The number of aliphatic hydroxyl groups excluding tert-OH is 1. The number of hydrogen-bond acceptors (Lipinski definition) is 2. The van der Waals surface area contributed by atoms with Gasteiger partial charge in [-0.25, -0.2) is 0 Å². The zero-order valence-corrected chi connectivity index (χ0v) is 12.2. The Balaban J connectivity index is 2.04. The van der Waals surface area contributed by atoms with Crippen molar-refractivity contribution in [2.24, 2.45) is 0 Å². The monoisotopic (exact) mass is 277 g/mol. The number of aliphatic hydroxyl groups is 1. The van der Waals surface area contributed by atoms with Crippen molar-refractivity contribution in [2.45, 2.75) is 25.9 Å². The number of para-hydroxylation sites is 1. The number of nitrogens with zero attached hydrogens (tertiary/aromatic N) is 1. The quantitative estimate of drug-likeness (QED) is 0.772. The third-order valence-corrected chi connectivity index (χ3v) is 3.76. The van der Waals surface area contributed by atoms with E-state index in [1.54, 1.807) is 6.20 Å². The molecule has 1 heterocycles. The fourth-order valence-corrected chi connectivity index (χ4v) is 2.74. The molecule has 3 rings (SSSR count). The molecule has 0 saturated heterocycles. The van der Waals surface area contributed by atoms with Gasteiger partial charge in [0.2, 0.25) is 0 Å². The zero-order chi connectivity index (χ0) is 14.7. The summed E-state index contributed by atoms with van der Waals surface area (Å²) < 4.78 is 0. The predicted octanol–water partition coefficient (Wildman–Crippen LogP) is 4.27. The Morgan fingerprint density at radius 2 is 1.86 bits per heavy atom. The van der Waals surface area contributed by atoms with Gasteiger partial charge in [-0.1, -0.05) is 61.9 Å². The largest absolute Gasteiger partial charge is 0.384 e. The molecule has 0 amide bonds. The summed E-state index contributed by atoms with van der Waals surface area (Å²) in [6.45, 7) is 2.16. The Morgan fingerprint density at radius 1 is 1.05 bits per heavy atom. The second kappa shape index (κ2) is 6.06. The minimum atomic E-state index is -0.639. The minimum Gasteiger partial charge on any atom is -0.384 e. The van der Waals surface area contributed by atoms with Crippen LogP contribution in [0.15, 0.2) is 60.8 Å². The van der Waals surface area contributed by atoms with Crippen molar-refractivity contribution < 1.29 is 5.11 Å². The SMILES string of the molecule is CCCc1cccc(C(O)c2cccc3cccnc23)c1. The average Bonchev–Trinajstić information content (AvgIpc) is 2.54. The zero-order valence-electron chi connectivity index (χ0n) is 12.2. The standard InChI is InChI=1S/C19H19NO/c1-2-6-14-7-3-9-16(13-14)19(21)17-11-4-8-15-10-5-12-20-18(15)17/h3-5,7-13,19,21H,2,6H2,1H3. The van der Waals surface area contributed by atoms with Gasteiger partial charge in [0.15, 0.2) is 0 Å². The molecule has 2 nitrogen and oxygen atoms in total. The maximum absolute atomic E-state index is 10.7. The third kappa shape index (κ3) is 2.81. The van der Waals surface area contributed by atoms with Crippen LogP contribution in [0.3, 0.4) is 0 Å². The first-order valence-corrected chi connectivity index (χ1v) is 7.40. The van der Waals surface area contributed by atoms with Gasteiger partial charge in [-0.2, -0.15) is 0 Å². The van der Waals surface area contributed by atoms with Crippen molar-refractivity contribution in [3.8, 4) is 0 Å². The summed E-state index contributed by atoms with van der Waals surface area (Å²) >= 11 is 0. The summed E-state index contributed by atoms with van der Waals surface area (Å²) in [5.41, 5.74) is 3.93. The van der Waals surface area contributed by atoms with Crippen LogP contribution in [0.2, 0.25) is 0 Å². The molecule has 1 N–H and O–H groups in total. The summed E-state index contributed by atoms with van der Waals surface area (Å²) in [6, 6.07) is 18.1. The molecule has 2 aromatic carbocycles. The molecule has 0 spiro atoms. The van der Waals surface area contributed by atoms with Gasteiger partial charge >= 0.3 is 0 Å². The highest BCUT2D eigenvalue weighted by atomic mass is 16.3. The Bertz CT molecular complexity index is 746. The van der Waals surface area contributed by atoms with Crippen LogP contribution in [-0.2, 0) is 6.42 Å². The highest BCUT2D eigenvalue weighted by Gasteiger charge is 2.14. The molecule has 0 radical (unpaired) electrons. The van der Waals surface area contributed by atoms with Crippen LogP contribution < -0.4 is 0 Å². The Hall–Kier alpha value is -2.19. The maximum Gasteiger partial charge on any atom is 0.106 e. The van der Waals surface area contributed by atoms with Gasteiger partial charge in [0.1, 0.15) is 6.10 Å². The van der Waals surface area contributed by atoms with Crippen LogP contribution in [0.1, 0.15) is 36.1 Å². The number of benzene rings is 2. The number of rotatable bonds is 4. The fraction of sp³-hybridized carbons (Fsp3) is 0.211. The third-order valence-electron chi connectivity index (χ3n) is 3.76. The second-order valence-electron chi connectivity index (χ2n) is 5.32. The lowest BCUT2D eigenvalue weighted by atomic mass is 9.96. The Kier molecular flexibility index (Phi) is 3.98. The van der Waals surface area contributed by atoms with Crippen LogP contribution in [0, 0.1) is 0 Å². The van der Waals surface area contributed by atoms with Gasteiger partial charge < -0.3 is 5.11 Å². The molecule has 2 heteroatoms. The molecule has 1 unspecified atom stereocenters. The highest BCUT2D eigenvalue weighted by Crippen LogP contribution is 2.28. The summed E-state index contributed by atoms with van der Waals surface area (Å²) in [5.74, 6) is 0. The Morgan fingerprint density at radius 3 is 2.71 bits per heavy atom. The van der Waals surface area contributed by atoms with Crippen molar-refractivity contribution in [3.05, 3.63) is 77.5 Å². The van der Waals surface area contributed by atoms with E-state index >= 15 is 0 Å². The highest BCUT2D eigenvalue weighted by molar-refractivity contribution is 5.82. The topological polar surface area (TPSA) is 33.1 Å². The normalized spacial score (nSPS) is 12.5. The van der Waals surface area contributed by atoms with E-state index in [9.17, 15) is 5.11 Å². The van der Waals surface area contributed by atoms with Crippen molar-refractivity contribution >= 4 is 10.9 Å². The van der Waals surface area contributed by atoms with Gasteiger partial charge in [-0.15, -0.1) is 0 Å². The van der Waals surface area contributed by atoms with Crippen molar-refractivity contribution in [2.75, 3.05) is 0 Å². The molecule has 0 saturated carbocycles. The summed E-state index contributed by atoms with van der Waals surface area (Å²) in [4.78, 5) is 4.43. The van der Waals surface area contributed by atoms with Gasteiger partial charge in [0.25, 0.3) is 0 Å². The van der Waals surface area contributed by atoms with E-state index in [4.69, 9.17) is 0 Å². The average molecular weight is 277 g/mol. The van der Waals surface area contributed by atoms with Crippen LogP contribution in [-0.4, -0.2) is 10.1 Å². The van der Waals surface area contributed by atoms with Crippen LogP contribution in [0.4, 0.5) is 0 Å². The van der Waals surface area contributed by atoms with Gasteiger partial charge in [-0.3, -0.25) is 4.98 Å². The first kappa shape index (κ1) is 13.8. The lowest BCUT2D eigenvalue weighted by Gasteiger charge is -2.14. The number of aromatic nitrogens is 1. The molecule has 106 valence electrons. The molecule has 0 aliphatic heterocycles.